The Morgan fingerprint density at radius 1 is 1.13 bits per heavy atom. The summed E-state index contributed by atoms with van der Waals surface area (Å²) in [7, 11) is 0. The molecule has 0 unspecified atom stereocenters. The molecule has 0 aromatic heterocycles. The third-order valence-electron chi connectivity index (χ3n) is 5.83. The van der Waals surface area contributed by atoms with E-state index in [4.69, 9.17) is 10.00 Å². The number of nitriles is 1. The molecule has 1 aliphatic rings. The van der Waals surface area contributed by atoms with Gasteiger partial charge in [-0.05, 0) is 53.6 Å². The van der Waals surface area contributed by atoms with E-state index < -0.39 is 0 Å². The average Bonchev–Trinajstić information content (AvgIpc) is 3.07. The van der Waals surface area contributed by atoms with Crippen LogP contribution in [0.25, 0.3) is 0 Å². The smallest absolute Gasteiger partial charge is 0.251 e. The highest BCUT2D eigenvalue weighted by molar-refractivity contribution is 5.94. The van der Waals surface area contributed by atoms with Crippen LogP contribution in [0.4, 0.5) is 0 Å². The maximum Gasteiger partial charge on any atom is 0.251 e. The Balaban J connectivity index is 1.38. The second kappa shape index (κ2) is 10.8. The van der Waals surface area contributed by atoms with Gasteiger partial charge in [0.25, 0.3) is 5.91 Å². The number of carbonyl (C=O) groups is 1. The van der Waals surface area contributed by atoms with E-state index >= 15 is 0 Å². The normalized spacial score (nSPS) is 18.7. The fraction of sp³-hybridized carbons (Fsp3) is 0.440. The van der Waals surface area contributed by atoms with E-state index in [2.05, 4.69) is 42.3 Å². The molecule has 1 saturated heterocycles. The van der Waals surface area contributed by atoms with Crippen LogP contribution in [0.3, 0.4) is 0 Å². The molecule has 2 atom stereocenters. The van der Waals surface area contributed by atoms with E-state index in [0.29, 0.717) is 25.1 Å². The lowest BCUT2D eigenvalue weighted by atomic mass is 10.0. The second-order valence-electron chi connectivity index (χ2n) is 8.25. The second-order valence-corrected chi connectivity index (χ2v) is 8.25. The number of carbonyl (C=O) groups excluding carboxylic acids is 1. The molecule has 1 heterocycles. The molecule has 158 valence electrons. The quantitative estimate of drug-likeness (QED) is 0.691. The maximum atomic E-state index is 12.3. The highest BCUT2D eigenvalue weighted by Crippen LogP contribution is 2.21. The predicted octanol–water partition coefficient (Wildman–Crippen LogP) is 3.69. The minimum Gasteiger partial charge on any atom is -0.492 e. The molecule has 1 N–H and O–H groups in total. The highest BCUT2D eigenvalue weighted by Gasteiger charge is 2.25. The van der Waals surface area contributed by atoms with E-state index in [1.807, 2.05) is 24.3 Å². The number of hydrogen-bond donors (Lipinski definition) is 1. The summed E-state index contributed by atoms with van der Waals surface area (Å²) in [6, 6.07) is 17.4. The lowest BCUT2D eigenvalue weighted by Gasteiger charge is -2.16. The van der Waals surface area contributed by atoms with Crippen molar-refractivity contribution in [3.63, 3.8) is 0 Å². The Morgan fingerprint density at radius 3 is 2.57 bits per heavy atom. The Morgan fingerprint density at radius 2 is 1.87 bits per heavy atom. The van der Waals surface area contributed by atoms with Gasteiger partial charge in [0.05, 0.1) is 12.5 Å². The van der Waals surface area contributed by atoms with Crippen molar-refractivity contribution in [3.8, 4) is 11.8 Å². The zero-order valence-corrected chi connectivity index (χ0v) is 17.9. The summed E-state index contributed by atoms with van der Waals surface area (Å²) in [5, 5.41) is 11.7. The molecule has 0 radical (unpaired) electrons. The minimum atomic E-state index is -0.111. The van der Waals surface area contributed by atoms with Crippen LogP contribution in [0.1, 0.15) is 35.3 Å². The first-order valence-corrected chi connectivity index (χ1v) is 10.7. The van der Waals surface area contributed by atoms with Gasteiger partial charge in [-0.3, -0.25) is 9.69 Å². The largest absolute Gasteiger partial charge is 0.492 e. The number of nitrogens with one attached hydrogen (secondary N) is 1. The van der Waals surface area contributed by atoms with Gasteiger partial charge in [-0.25, -0.2) is 0 Å². The molecule has 0 saturated carbocycles. The molecule has 0 bridgehead atoms. The third-order valence-corrected chi connectivity index (χ3v) is 5.83. The summed E-state index contributed by atoms with van der Waals surface area (Å²) in [5.74, 6) is 2.32. The first kappa shape index (κ1) is 21.9. The number of ether oxygens (including phenoxy) is 1. The van der Waals surface area contributed by atoms with Crippen molar-refractivity contribution in [1.29, 1.82) is 5.26 Å². The summed E-state index contributed by atoms with van der Waals surface area (Å²) < 4.78 is 5.89. The number of benzene rings is 2. The molecule has 1 fully saturated rings. The Kier molecular flexibility index (Phi) is 7.87. The van der Waals surface area contributed by atoms with Crippen molar-refractivity contribution in [2.45, 2.75) is 26.7 Å². The van der Waals surface area contributed by atoms with Gasteiger partial charge in [0, 0.05) is 31.7 Å². The molecule has 2 aromatic rings. The predicted molar refractivity (Wildman–Crippen MR) is 119 cm³/mol. The summed E-state index contributed by atoms with van der Waals surface area (Å²) in [4.78, 5) is 14.8. The zero-order chi connectivity index (χ0) is 21.3. The van der Waals surface area contributed by atoms with Crippen molar-refractivity contribution in [1.82, 2.24) is 10.2 Å². The number of amides is 1. The topological polar surface area (TPSA) is 65.4 Å². The molecule has 5 nitrogen and oxygen atoms in total. The van der Waals surface area contributed by atoms with Crippen molar-refractivity contribution < 1.29 is 9.53 Å². The number of hydrogen-bond acceptors (Lipinski definition) is 4. The lowest BCUT2D eigenvalue weighted by molar-refractivity contribution is 0.0954. The van der Waals surface area contributed by atoms with E-state index in [1.165, 1.54) is 0 Å². The average molecular weight is 406 g/mol. The van der Waals surface area contributed by atoms with Gasteiger partial charge >= 0.3 is 0 Å². The van der Waals surface area contributed by atoms with Crippen LogP contribution in [0.2, 0.25) is 0 Å². The monoisotopic (exact) mass is 405 g/mol. The van der Waals surface area contributed by atoms with Crippen molar-refractivity contribution in [2.24, 2.45) is 11.8 Å². The van der Waals surface area contributed by atoms with Crippen molar-refractivity contribution in [2.75, 3.05) is 32.8 Å². The van der Waals surface area contributed by atoms with Crippen molar-refractivity contribution >= 4 is 5.91 Å². The van der Waals surface area contributed by atoms with Crippen LogP contribution in [0.5, 0.6) is 5.75 Å². The van der Waals surface area contributed by atoms with Crippen molar-refractivity contribution in [3.05, 3.63) is 65.2 Å². The van der Waals surface area contributed by atoms with Gasteiger partial charge < -0.3 is 10.1 Å². The molecule has 30 heavy (non-hydrogen) atoms. The fourth-order valence-corrected chi connectivity index (χ4v) is 3.81. The van der Waals surface area contributed by atoms with Gasteiger partial charge in [0.1, 0.15) is 12.4 Å². The summed E-state index contributed by atoms with van der Waals surface area (Å²) in [6.45, 7) is 9.21. The van der Waals surface area contributed by atoms with Crippen LogP contribution in [-0.4, -0.2) is 43.6 Å². The first-order valence-electron chi connectivity index (χ1n) is 10.7. The fourth-order valence-electron chi connectivity index (χ4n) is 3.81. The summed E-state index contributed by atoms with van der Waals surface area (Å²) in [5.41, 5.74) is 2.60. The molecular formula is C25H31N3O2. The molecule has 1 amide bonds. The summed E-state index contributed by atoms with van der Waals surface area (Å²) >= 11 is 0. The van der Waals surface area contributed by atoms with Crippen LogP contribution in [0.15, 0.2) is 48.5 Å². The number of likely N-dealkylation sites (tertiary alicyclic amines) is 1. The summed E-state index contributed by atoms with van der Waals surface area (Å²) in [6.07, 6.45) is 1.07. The third kappa shape index (κ3) is 6.33. The molecule has 0 spiro atoms. The zero-order valence-electron chi connectivity index (χ0n) is 17.9. The Hall–Kier alpha value is -2.84. The molecule has 3 rings (SSSR count). The van der Waals surface area contributed by atoms with Crippen LogP contribution in [0, 0.1) is 23.2 Å². The van der Waals surface area contributed by atoms with E-state index in [1.54, 1.807) is 12.1 Å². The van der Waals surface area contributed by atoms with E-state index in [-0.39, 0.29) is 5.91 Å². The van der Waals surface area contributed by atoms with Crippen LogP contribution in [-0.2, 0) is 12.8 Å². The van der Waals surface area contributed by atoms with Gasteiger partial charge in [-0.1, -0.05) is 38.1 Å². The van der Waals surface area contributed by atoms with Gasteiger partial charge in [-0.2, -0.15) is 5.26 Å². The number of rotatable bonds is 9. The Labute approximate surface area is 179 Å². The highest BCUT2D eigenvalue weighted by atomic mass is 16.5. The molecule has 0 aliphatic carbocycles. The number of nitrogens with zero attached hydrogens (tertiary/aromatic N) is 2. The van der Waals surface area contributed by atoms with Gasteiger partial charge in [-0.15, -0.1) is 0 Å². The lowest BCUT2D eigenvalue weighted by Crippen LogP contribution is -2.26. The molecule has 2 aromatic carbocycles. The van der Waals surface area contributed by atoms with E-state index in [9.17, 15) is 4.79 Å². The van der Waals surface area contributed by atoms with Crippen LogP contribution < -0.4 is 10.1 Å². The molecular weight excluding hydrogens is 374 g/mol. The Bertz CT molecular complexity index is 863. The minimum absolute atomic E-state index is 0.111. The first-order chi connectivity index (χ1) is 14.5. The van der Waals surface area contributed by atoms with Gasteiger partial charge in [0.2, 0.25) is 0 Å². The molecule has 1 aliphatic heterocycles. The maximum absolute atomic E-state index is 12.3. The van der Waals surface area contributed by atoms with Crippen LogP contribution >= 0.6 is 0 Å². The molecule has 5 heteroatoms. The van der Waals surface area contributed by atoms with Gasteiger partial charge in [0.15, 0.2) is 0 Å². The SMILES string of the molecule is C[C@H]1CN(CCOc2ccc(CCNC(=O)c3cccc(CC#N)c3)cc2)C[C@@H]1C. The standard InChI is InChI=1S/C25H31N3O2/c1-19-17-28(18-20(19)2)14-15-30-24-8-6-21(7-9-24)11-13-27-25(29)23-5-3-4-22(16-23)10-12-26/h3-9,16,19-20H,10-11,13-15,17-18H2,1-2H3,(H,27,29)/t19-,20-/m0/s1. The van der Waals surface area contributed by atoms with E-state index in [0.717, 1.165) is 54.8 Å².